The molecule has 0 unspecified atom stereocenters. The number of ether oxygens (including phenoxy) is 1. The Bertz CT molecular complexity index is 98.7. The van der Waals surface area contributed by atoms with E-state index in [1.54, 1.807) is 0 Å². The summed E-state index contributed by atoms with van der Waals surface area (Å²) in [6.07, 6.45) is 0.546. The Kier molecular flexibility index (Phi) is 8.74. The minimum atomic E-state index is -0.0926. The van der Waals surface area contributed by atoms with Crippen LogP contribution in [0.2, 0.25) is 0 Å². The van der Waals surface area contributed by atoms with Gasteiger partial charge in [0.15, 0.2) is 0 Å². The number of carbonyl (C=O) groups excluding carboxylic acids is 1. The molecule has 0 fully saturated rings. The Morgan fingerprint density at radius 2 is 1.73 bits per heavy atom. The molecule has 0 aliphatic carbocycles. The summed E-state index contributed by atoms with van der Waals surface area (Å²) in [7, 11) is 0. The molecule has 3 heteroatoms. The molecule has 0 saturated carbocycles. The summed E-state index contributed by atoms with van der Waals surface area (Å²) in [5.74, 6) is 0.302. The Labute approximate surface area is 85.6 Å². The standard InChI is InChI=1S/C8H16O2.Sn.2H/c1-6(2)5-8(9)10-7(3)4;;;/h6-7H,5H2,1-4H3;;;. The van der Waals surface area contributed by atoms with E-state index in [4.69, 9.17) is 4.74 Å². The molecular formula is C8H18O2Sn. The fourth-order valence-corrected chi connectivity index (χ4v) is 0.644. The number of esters is 1. The molecular weight excluding hydrogens is 247 g/mol. The summed E-state index contributed by atoms with van der Waals surface area (Å²) >= 11 is 0. The third-order valence-corrected chi connectivity index (χ3v) is 0.942. The third-order valence-electron chi connectivity index (χ3n) is 0.942. The van der Waals surface area contributed by atoms with Gasteiger partial charge in [-0.15, -0.1) is 0 Å². The minimum absolute atomic E-state index is 0. The van der Waals surface area contributed by atoms with E-state index in [1.165, 1.54) is 0 Å². The predicted octanol–water partition coefficient (Wildman–Crippen LogP) is 1.07. The first-order chi connectivity index (χ1) is 4.52. The first kappa shape index (κ1) is 13.8. The normalized spacial score (nSPS) is 9.64. The van der Waals surface area contributed by atoms with Crippen molar-refractivity contribution in [1.82, 2.24) is 0 Å². The molecule has 0 aromatic carbocycles. The van der Waals surface area contributed by atoms with Crippen molar-refractivity contribution in [3.8, 4) is 0 Å². The Morgan fingerprint density at radius 1 is 1.27 bits per heavy atom. The summed E-state index contributed by atoms with van der Waals surface area (Å²) in [4.78, 5) is 10.8. The van der Waals surface area contributed by atoms with Gasteiger partial charge in [0.05, 0.1) is 6.10 Å². The maximum absolute atomic E-state index is 10.8. The van der Waals surface area contributed by atoms with Crippen molar-refractivity contribution in [2.24, 2.45) is 5.92 Å². The van der Waals surface area contributed by atoms with Crippen molar-refractivity contribution in [3.63, 3.8) is 0 Å². The van der Waals surface area contributed by atoms with Crippen molar-refractivity contribution >= 4 is 29.9 Å². The zero-order valence-corrected chi connectivity index (χ0v) is 11.9. The molecule has 0 aliphatic heterocycles. The topological polar surface area (TPSA) is 26.3 Å². The van der Waals surface area contributed by atoms with Crippen LogP contribution >= 0.6 is 0 Å². The second kappa shape index (κ2) is 6.95. The van der Waals surface area contributed by atoms with Gasteiger partial charge in [0, 0.05) is 6.42 Å². The van der Waals surface area contributed by atoms with E-state index in [0.717, 1.165) is 0 Å². The Morgan fingerprint density at radius 3 is 2.00 bits per heavy atom. The monoisotopic (exact) mass is 266 g/mol. The number of hydrogen-bond acceptors (Lipinski definition) is 2. The van der Waals surface area contributed by atoms with Gasteiger partial charge in [-0.25, -0.2) is 0 Å². The molecule has 0 aromatic rings. The fraction of sp³-hybridized carbons (Fsp3) is 0.875. The molecule has 0 N–H and O–H groups in total. The van der Waals surface area contributed by atoms with Gasteiger partial charge in [0.1, 0.15) is 0 Å². The molecule has 0 aromatic heterocycles. The van der Waals surface area contributed by atoms with Gasteiger partial charge in [-0.1, -0.05) is 13.8 Å². The predicted molar refractivity (Wildman–Crippen MR) is 49.2 cm³/mol. The molecule has 2 radical (unpaired) electrons. The van der Waals surface area contributed by atoms with Crippen LogP contribution in [0.5, 0.6) is 0 Å². The second-order valence-electron chi connectivity index (χ2n) is 3.14. The molecule has 0 atom stereocenters. The average Bonchev–Trinajstić information content (AvgIpc) is 1.58. The first-order valence-electron chi connectivity index (χ1n) is 3.72. The van der Waals surface area contributed by atoms with E-state index >= 15 is 0 Å². The number of hydrogen-bond donors (Lipinski definition) is 0. The van der Waals surface area contributed by atoms with Gasteiger partial charge < -0.3 is 4.74 Å². The van der Waals surface area contributed by atoms with Crippen LogP contribution in [0.4, 0.5) is 0 Å². The van der Waals surface area contributed by atoms with Crippen molar-refractivity contribution < 1.29 is 9.53 Å². The van der Waals surface area contributed by atoms with E-state index in [1.807, 2.05) is 27.7 Å². The van der Waals surface area contributed by atoms with E-state index in [2.05, 4.69) is 0 Å². The molecule has 0 amide bonds. The zero-order valence-electron chi connectivity index (χ0n) is 7.89. The SMILES string of the molecule is CC(C)CC(=O)OC(C)C.[SnH2]. The third kappa shape index (κ3) is 10.3. The van der Waals surface area contributed by atoms with Gasteiger partial charge in [-0.2, -0.15) is 0 Å². The molecule has 11 heavy (non-hydrogen) atoms. The zero-order chi connectivity index (χ0) is 8.15. The Hall–Kier alpha value is 0.269. The summed E-state index contributed by atoms with van der Waals surface area (Å²) in [6.45, 7) is 7.72. The number of rotatable bonds is 3. The molecule has 0 aliphatic rings. The van der Waals surface area contributed by atoms with Gasteiger partial charge in [0.2, 0.25) is 0 Å². The molecule has 0 rings (SSSR count). The Balaban J connectivity index is 0. The van der Waals surface area contributed by atoms with Crippen molar-refractivity contribution in [3.05, 3.63) is 0 Å². The van der Waals surface area contributed by atoms with E-state index in [-0.39, 0.29) is 36.0 Å². The first-order valence-corrected chi connectivity index (χ1v) is 3.72. The van der Waals surface area contributed by atoms with Crippen LogP contribution in [0.25, 0.3) is 0 Å². The summed E-state index contributed by atoms with van der Waals surface area (Å²) in [6, 6.07) is 0. The van der Waals surface area contributed by atoms with E-state index < -0.39 is 0 Å². The molecule has 2 nitrogen and oxygen atoms in total. The van der Waals surface area contributed by atoms with Crippen molar-refractivity contribution in [2.75, 3.05) is 0 Å². The quantitative estimate of drug-likeness (QED) is 0.563. The van der Waals surface area contributed by atoms with Crippen molar-refractivity contribution in [1.29, 1.82) is 0 Å². The molecule has 0 saturated heterocycles. The average molecular weight is 265 g/mol. The van der Waals surface area contributed by atoms with Crippen LogP contribution in [0, 0.1) is 5.92 Å². The van der Waals surface area contributed by atoms with E-state index in [9.17, 15) is 4.79 Å². The van der Waals surface area contributed by atoms with E-state index in [0.29, 0.717) is 12.3 Å². The van der Waals surface area contributed by atoms with Crippen LogP contribution in [-0.4, -0.2) is 36.0 Å². The second-order valence-corrected chi connectivity index (χ2v) is 3.14. The van der Waals surface area contributed by atoms with Crippen molar-refractivity contribution in [2.45, 2.75) is 40.2 Å². The van der Waals surface area contributed by atoms with Crippen LogP contribution in [0.15, 0.2) is 0 Å². The van der Waals surface area contributed by atoms with Crippen LogP contribution in [-0.2, 0) is 9.53 Å². The molecule has 0 spiro atoms. The van der Waals surface area contributed by atoms with Crippen LogP contribution in [0.1, 0.15) is 34.1 Å². The molecule has 0 heterocycles. The molecule has 0 bridgehead atoms. The molecule has 66 valence electrons. The van der Waals surface area contributed by atoms with Gasteiger partial charge in [0.25, 0.3) is 0 Å². The summed E-state index contributed by atoms with van der Waals surface area (Å²) in [5, 5.41) is 0. The van der Waals surface area contributed by atoms with Gasteiger partial charge in [-0.05, 0) is 19.8 Å². The summed E-state index contributed by atoms with van der Waals surface area (Å²) < 4.78 is 4.92. The van der Waals surface area contributed by atoms with Crippen LogP contribution in [0.3, 0.4) is 0 Å². The summed E-state index contributed by atoms with van der Waals surface area (Å²) in [5.41, 5.74) is 0. The number of carbonyl (C=O) groups is 1. The van der Waals surface area contributed by atoms with Crippen LogP contribution < -0.4 is 0 Å². The van der Waals surface area contributed by atoms with Gasteiger partial charge >= 0.3 is 29.9 Å². The van der Waals surface area contributed by atoms with Gasteiger partial charge in [-0.3, -0.25) is 4.79 Å². The maximum atomic E-state index is 10.8. The fourth-order valence-electron chi connectivity index (χ4n) is 0.644.